The molecule has 0 radical (unpaired) electrons. The number of carbonyl (C=O) groups is 2. The molecule has 2 N–H and O–H groups in total. The van der Waals surface area contributed by atoms with Crippen LogP contribution >= 0.6 is 0 Å². The highest BCUT2D eigenvalue weighted by Crippen LogP contribution is 2.17. The monoisotopic (exact) mass is 271 g/mol. The van der Waals surface area contributed by atoms with Gasteiger partial charge in [-0.1, -0.05) is 30.3 Å². The van der Waals surface area contributed by atoms with Crippen molar-refractivity contribution in [3.63, 3.8) is 0 Å². The Labute approximate surface area is 115 Å². The Balaban J connectivity index is 2.16. The lowest BCUT2D eigenvalue weighted by Crippen LogP contribution is -2.30. The van der Waals surface area contributed by atoms with E-state index in [-0.39, 0.29) is 12.3 Å². The van der Waals surface area contributed by atoms with Gasteiger partial charge in [-0.05, 0) is 11.6 Å². The van der Waals surface area contributed by atoms with Crippen molar-refractivity contribution in [3.05, 3.63) is 59.9 Å². The van der Waals surface area contributed by atoms with Crippen LogP contribution in [0.3, 0.4) is 0 Å². The van der Waals surface area contributed by atoms with Gasteiger partial charge in [-0.2, -0.15) is 10.2 Å². The van der Waals surface area contributed by atoms with Gasteiger partial charge in [-0.15, -0.1) is 0 Å². The van der Waals surface area contributed by atoms with E-state index >= 15 is 0 Å². The molecule has 0 saturated heterocycles. The van der Waals surface area contributed by atoms with E-state index in [1.807, 2.05) is 6.07 Å². The summed E-state index contributed by atoms with van der Waals surface area (Å²) in [6, 6.07) is 9.90. The van der Waals surface area contributed by atoms with E-state index in [0.29, 0.717) is 5.56 Å². The molecule has 0 aliphatic rings. The SMILES string of the molecule is O=C(O)CC(NC(=O)c1ccnnc1)c1ccccc1. The summed E-state index contributed by atoms with van der Waals surface area (Å²) < 4.78 is 0. The number of aromatic nitrogens is 2. The minimum absolute atomic E-state index is 0.186. The Morgan fingerprint density at radius 1 is 1.15 bits per heavy atom. The standard InChI is InChI=1S/C14H13N3O3/c18-13(19)8-12(10-4-2-1-3-5-10)17-14(20)11-6-7-15-16-9-11/h1-7,9,12H,8H2,(H,17,20)(H,18,19). The molecule has 0 aliphatic heterocycles. The first-order valence-corrected chi connectivity index (χ1v) is 6.01. The molecule has 6 nitrogen and oxygen atoms in total. The Hall–Kier alpha value is -2.76. The number of benzene rings is 1. The number of amides is 1. The molecular weight excluding hydrogens is 258 g/mol. The molecule has 1 amide bonds. The van der Waals surface area contributed by atoms with Gasteiger partial charge in [0.1, 0.15) is 0 Å². The maximum Gasteiger partial charge on any atom is 0.305 e. The van der Waals surface area contributed by atoms with E-state index in [9.17, 15) is 9.59 Å². The van der Waals surface area contributed by atoms with Crippen LogP contribution in [0.25, 0.3) is 0 Å². The molecule has 0 fully saturated rings. The Morgan fingerprint density at radius 3 is 2.50 bits per heavy atom. The molecule has 0 aliphatic carbocycles. The van der Waals surface area contributed by atoms with Gasteiger partial charge >= 0.3 is 5.97 Å². The maximum atomic E-state index is 12.0. The molecular formula is C14H13N3O3. The first-order chi connectivity index (χ1) is 9.66. The van der Waals surface area contributed by atoms with Crippen LogP contribution in [0.4, 0.5) is 0 Å². The fraction of sp³-hybridized carbons (Fsp3) is 0.143. The number of carboxylic acids is 1. The zero-order valence-corrected chi connectivity index (χ0v) is 10.6. The van der Waals surface area contributed by atoms with Crippen LogP contribution in [0, 0.1) is 0 Å². The third-order valence-electron chi connectivity index (χ3n) is 2.73. The van der Waals surface area contributed by atoms with Crippen molar-refractivity contribution in [3.8, 4) is 0 Å². The number of nitrogens with zero attached hydrogens (tertiary/aromatic N) is 2. The van der Waals surface area contributed by atoms with Crippen LogP contribution in [0.15, 0.2) is 48.8 Å². The summed E-state index contributed by atoms with van der Waals surface area (Å²) in [6.45, 7) is 0. The lowest BCUT2D eigenvalue weighted by molar-refractivity contribution is -0.137. The molecule has 1 atom stereocenters. The van der Waals surface area contributed by atoms with E-state index in [1.165, 1.54) is 18.5 Å². The predicted molar refractivity (Wildman–Crippen MR) is 70.9 cm³/mol. The van der Waals surface area contributed by atoms with Gasteiger partial charge in [0.05, 0.1) is 30.4 Å². The van der Waals surface area contributed by atoms with Crippen LogP contribution in [-0.4, -0.2) is 27.2 Å². The Kier molecular flexibility index (Phi) is 4.39. The Morgan fingerprint density at radius 2 is 1.90 bits per heavy atom. The lowest BCUT2D eigenvalue weighted by Gasteiger charge is -2.17. The highest BCUT2D eigenvalue weighted by molar-refractivity contribution is 5.94. The average molecular weight is 271 g/mol. The van der Waals surface area contributed by atoms with E-state index in [0.717, 1.165) is 5.56 Å². The second-order valence-corrected chi connectivity index (χ2v) is 4.17. The van der Waals surface area contributed by atoms with Crippen LogP contribution < -0.4 is 5.32 Å². The minimum atomic E-state index is -0.980. The summed E-state index contributed by atoms with van der Waals surface area (Å²) in [7, 11) is 0. The first kappa shape index (κ1) is 13.7. The van der Waals surface area contributed by atoms with E-state index < -0.39 is 12.0 Å². The summed E-state index contributed by atoms with van der Waals surface area (Å²) in [5, 5.41) is 18.9. The number of hydrogen-bond acceptors (Lipinski definition) is 4. The number of rotatable bonds is 5. The maximum absolute atomic E-state index is 12.0. The lowest BCUT2D eigenvalue weighted by atomic mass is 10.0. The van der Waals surface area contributed by atoms with Gasteiger partial charge in [0.2, 0.25) is 0 Å². The van der Waals surface area contributed by atoms with E-state index in [2.05, 4.69) is 15.5 Å². The summed E-state index contributed by atoms with van der Waals surface area (Å²) in [4.78, 5) is 23.0. The minimum Gasteiger partial charge on any atom is -0.481 e. The average Bonchev–Trinajstić information content (AvgIpc) is 2.48. The molecule has 20 heavy (non-hydrogen) atoms. The molecule has 0 spiro atoms. The van der Waals surface area contributed by atoms with Crippen LogP contribution in [0.5, 0.6) is 0 Å². The smallest absolute Gasteiger partial charge is 0.305 e. The summed E-state index contributed by atoms with van der Waals surface area (Å²) in [5.41, 5.74) is 1.08. The number of carbonyl (C=O) groups excluding carboxylic acids is 1. The highest BCUT2D eigenvalue weighted by Gasteiger charge is 2.18. The highest BCUT2D eigenvalue weighted by atomic mass is 16.4. The molecule has 1 unspecified atom stereocenters. The molecule has 2 aromatic rings. The molecule has 0 saturated carbocycles. The predicted octanol–water partition coefficient (Wildman–Crippen LogP) is 1.42. The van der Waals surface area contributed by atoms with Crippen LogP contribution in [-0.2, 0) is 4.79 Å². The number of nitrogens with one attached hydrogen (secondary N) is 1. The number of hydrogen-bond donors (Lipinski definition) is 2. The van der Waals surface area contributed by atoms with Crippen molar-refractivity contribution in [2.24, 2.45) is 0 Å². The van der Waals surface area contributed by atoms with E-state index in [1.54, 1.807) is 24.3 Å². The fourth-order valence-electron chi connectivity index (χ4n) is 1.78. The third-order valence-corrected chi connectivity index (χ3v) is 2.73. The summed E-state index contributed by atoms with van der Waals surface area (Å²) >= 11 is 0. The summed E-state index contributed by atoms with van der Waals surface area (Å²) in [5.74, 6) is -1.36. The van der Waals surface area contributed by atoms with Gasteiger partial charge < -0.3 is 10.4 Å². The zero-order valence-electron chi connectivity index (χ0n) is 10.6. The van der Waals surface area contributed by atoms with Crippen LogP contribution in [0.1, 0.15) is 28.4 Å². The fourth-order valence-corrected chi connectivity index (χ4v) is 1.78. The van der Waals surface area contributed by atoms with Gasteiger partial charge in [0.15, 0.2) is 0 Å². The second kappa shape index (κ2) is 6.42. The third kappa shape index (κ3) is 3.61. The quantitative estimate of drug-likeness (QED) is 0.858. The topological polar surface area (TPSA) is 92.2 Å². The number of aliphatic carboxylic acids is 1. The molecule has 2 rings (SSSR count). The molecule has 102 valence electrons. The second-order valence-electron chi connectivity index (χ2n) is 4.17. The summed E-state index contributed by atoms with van der Waals surface area (Å²) in [6.07, 6.45) is 2.55. The Bertz CT molecular complexity index is 587. The molecule has 0 bridgehead atoms. The van der Waals surface area contributed by atoms with Gasteiger partial charge in [-0.3, -0.25) is 9.59 Å². The molecule has 1 aromatic carbocycles. The number of carboxylic acid groups (broad SMARTS) is 1. The van der Waals surface area contributed by atoms with Gasteiger partial charge in [-0.25, -0.2) is 0 Å². The first-order valence-electron chi connectivity index (χ1n) is 6.01. The zero-order chi connectivity index (χ0) is 14.4. The van der Waals surface area contributed by atoms with Crippen molar-refractivity contribution in [2.75, 3.05) is 0 Å². The van der Waals surface area contributed by atoms with Gasteiger partial charge in [0, 0.05) is 0 Å². The largest absolute Gasteiger partial charge is 0.481 e. The van der Waals surface area contributed by atoms with E-state index in [4.69, 9.17) is 5.11 Å². The van der Waals surface area contributed by atoms with Crippen molar-refractivity contribution in [2.45, 2.75) is 12.5 Å². The van der Waals surface area contributed by atoms with Crippen molar-refractivity contribution in [1.29, 1.82) is 0 Å². The van der Waals surface area contributed by atoms with Crippen molar-refractivity contribution in [1.82, 2.24) is 15.5 Å². The van der Waals surface area contributed by atoms with Crippen molar-refractivity contribution < 1.29 is 14.7 Å². The van der Waals surface area contributed by atoms with Gasteiger partial charge in [0.25, 0.3) is 5.91 Å². The van der Waals surface area contributed by atoms with Crippen molar-refractivity contribution >= 4 is 11.9 Å². The normalized spacial score (nSPS) is 11.6. The molecule has 1 aromatic heterocycles. The van der Waals surface area contributed by atoms with Crippen LogP contribution in [0.2, 0.25) is 0 Å². The molecule has 6 heteroatoms. The molecule has 1 heterocycles.